The van der Waals surface area contributed by atoms with Crippen LogP contribution in [0.15, 0.2) is 28.8 Å². The Morgan fingerprint density at radius 1 is 1.24 bits per heavy atom. The Morgan fingerprint density at radius 2 is 1.96 bits per heavy atom. The largest absolute Gasteiger partial charge is 0.497 e. The summed E-state index contributed by atoms with van der Waals surface area (Å²) < 4.78 is 10.5. The summed E-state index contributed by atoms with van der Waals surface area (Å²) in [6.07, 6.45) is 0. The van der Waals surface area contributed by atoms with Gasteiger partial charge in [0.05, 0.1) is 13.7 Å². The van der Waals surface area contributed by atoms with Crippen LogP contribution in [-0.4, -0.2) is 65.8 Å². The molecule has 1 aliphatic rings. The molecule has 1 N–H and O–H groups in total. The number of hydrogen-bond donors (Lipinski definition) is 1. The second-order valence-corrected chi connectivity index (χ2v) is 5.84. The highest BCUT2D eigenvalue weighted by Gasteiger charge is 2.22. The van der Waals surface area contributed by atoms with Gasteiger partial charge >= 0.3 is 6.03 Å². The molecule has 8 nitrogen and oxygen atoms in total. The second-order valence-electron chi connectivity index (χ2n) is 5.84. The van der Waals surface area contributed by atoms with E-state index >= 15 is 0 Å². The summed E-state index contributed by atoms with van der Waals surface area (Å²) in [4.78, 5) is 20.3. The quantitative estimate of drug-likeness (QED) is 0.886. The smallest absolute Gasteiger partial charge is 0.317 e. The lowest BCUT2D eigenvalue weighted by Crippen LogP contribution is -2.51. The molecule has 3 rings (SSSR count). The lowest BCUT2D eigenvalue weighted by molar-refractivity contribution is 0.133. The average molecular weight is 345 g/mol. The Hall–Kier alpha value is -2.61. The molecular formula is C17H23N5O3. The van der Waals surface area contributed by atoms with Crippen molar-refractivity contribution >= 4 is 6.03 Å². The monoisotopic (exact) mass is 345 g/mol. The van der Waals surface area contributed by atoms with Crippen molar-refractivity contribution in [1.82, 2.24) is 25.3 Å². The van der Waals surface area contributed by atoms with Gasteiger partial charge in [-0.1, -0.05) is 5.16 Å². The minimum absolute atomic E-state index is 0.00324. The van der Waals surface area contributed by atoms with Gasteiger partial charge in [0.15, 0.2) is 5.82 Å². The average Bonchev–Trinajstić information content (AvgIpc) is 3.11. The highest BCUT2D eigenvalue weighted by molar-refractivity contribution is 5.74. The molecular weight excluding hydrogens is 322 g/mol. The zero-order valence-electron chi connectivity index (χ0n) is 14.6. The molecule has 0 unspecified atom stereocenters. The maximum Gasteiger partial charge on any atom is 0.317 e. The van der Waals surface area contributed by atoms with Crippen LogP contribution < -0.4 is 10.1 Å². The topological polar surface area (TPSA) is 83.7 Å². The molecule has 0 aliphatic carbocycles. The summed E-state index contributed by atoms with van der Waals surface area (Å²) in [6.45, 7) is 6.18. The predicted octanol–water partition coefficient (Wildman–Crippen LogP) is 1.59. The molecule has 0 bridgehead atoms. The van der Waals surface area contributed by atoms with E-state index in [0.29, 0.717) is 37.9 Å². The third kappa shape index (κ3) is 4.27. The van der Waals surface area contributed by atoms with Crippen molar-refractivity contribution in [2.75, 3.05) is 39.8 Å². The molecule has 1 aromatic carbocycles. The van der Waals surface area contributed by atoms with Crippen LogP contribution in [-0.2, 0) is 6.54 Å². The van der Waals surface area contributed by atoms with Crippen molar-refractivity contribution in [2.45, 2.75) is 13.5 Å². The van der Waals surface area contributed by atoms with E-state index in [4.69, 9.17) is 9.26 Å². The molecule has 1 aliphatic heterocycles. The van der Waals surface area contributed by atoms with Gasteiger partial charge < -0.3 is 19.5 Å². The van der Waals surface area contributed by atoms with Crippen LogP contribution in [0.3, 0.4) is 0 Å². The van der Waals surface area contributed by atoms with E-state index in [1.807, 2.05) is 36.1 Å². The summed E-state index contributed by atoms with van der Waals surface area (Å²) in [6, 6.07) is 7.51. The van der Waals surface area contributed by atoms with E-state index in [-0.39, 0.29) is 6.03 Å². The fourth-order valence-electron chi connectivity index (χ4n) is 2.74. The molecule has 25 heavy (non-hydrogen) atoms. The molecule has 0 atom stereocenters. The van der Waals surface area contributed by atoms with Crippen molar-refractivity contribution in [3.05, 3.63) is 30.1 Å². The number of hydrogen-bond acceptors (Lipinski definition) is 6. The third-order valence-corrected chi connectivity index (χ3v) is 4.16. The Morgan fingerprint density at radius 3 is 2.60 bits per heavy atom. The van der Waals surface area contributed by atoms with Gasteiger partial charge in [0.2, 0.25) is 0 Å². The Balaban J connectivity index is 1.54. The molecule has 0 radical (unpaired) electrons. The fraction of sp³-hybridized carbons (Fsp3) is 0.471. The van der Waals surface area contributed by atoms with Gasteiger partial charge in [-0.3, -0.25) is 4.90 Å². The number of rotatable bonds is 5. The lowest BCUT2D eigenvalue weighted by atomic mass is 10.2. The van der Waals surface area contributed by atoms with Gasteiger partial charge in [-0.25, -0.2) is 4.79 Å². The van der Waals surface area contributed by atoms with Crippen molar-refractivity contribution in [1.29, 1.82) is 0 Å². The number of amides is 2. The zero-order valence-corrected chi connectivity index (χ0v) is 14.6. The first-order chi connectivity index (χ1) is 12.2. The van der Waals surface area contributed by atoms with Gasteiger partial charge in [0.1, 0.15) is 5.75 Å². The number of piperazine rings is 1. The first kappa shape index (κ1) is 17.2. The van der Waals surface area contributed by atoms with Crippen LogP contribution in [0, 0.1) is 0 Å². The first-order valence-electron chi connectivity index (χ1n) is 8.41. The van der Waals surface area contributed by atoms with Crippen molar-refractivity contribution < 1.29 is 14.1 Å². The maximum atomic E-state index is 11.8. The standard InChI is InChI=1S/C17H23N5O3/c1-3-18-17(23)22-10-8-21(9-11-22)12-15-19-16(25-20-15)13-4-6-14(24-2)7-5-13/h4-7H,3,8-12H2,1-2H3,(H,18,23). The molecule has 0 spiro atoms. The summed E-state index contributed by atoms with van der Waals surface area (Å²) in [5.41, 5.74) is 0.862. The molecule has 1 saturated heterocycles. The van der Waals surface area contributed by atoms with Gasteiger partial charge in [0, 0.05) is 38.3 Å². The Kier molecular flexibility index (Phi) is 5.49. The van der Waals surface area contributed by atoms with Crippen LogP contribution in [0.2, 0.25) is 0 Å². The molecule has 1 aromatic heterocycles. The van der Waals surface area contributed by atoms with Crippen molar-refractivity contribution in [3.8, 4) is 17.2 Å². The van der Waals surface area contributed by atoms with Gasteiger partial charge in [0.25, 0.3) is 5.89 Å². The number of nitrogens with one attached hydrogen (secondary N) is 1. The maximum absolute atomic E-state index is 11.8. The van der Waals surface area contributed by atoms with Crippen LogP contribution >= 0.6 is 0 Å². The minimum Gasteiger partial charge on any atom is -0.497 e. The van der Waals surface area contributed by atoms with Crippen LogP contribution in [0.4, 0.5) is 4.79 Å². The van der Waals surface area contributed by atoms with Gasteiger partial charge in [-0.05, 0) is 31.2 Å². The molecule has 134 valence electrons. The lowest BCUT2D eigenvalue weighted by Gasteiger charge is -2.33. The number of ether oxygens (including phenoxy) is 1. The van der Waals surface area contributed by atoms with Crippen LogP contribution in [0.1, 0.15) is 12.7 Å². The number of carbonyl (C=O) groups excluding carboxylic acids is 1. The van der Waals surface area contributed by atoms with Gasteiger partial charge in [-0.2, -0.15) is 4.98 Å². The predicted molar refractivity (Wildman–Crippen MR) is 92.2 cm³/mol. The molecule has 0 saturated carbocycles. The van der Waals surface area contributed by atoms with Crippen molar-refractivity contribution in [3.63, 3.8) is 0 Å². The summed E-state index contributed by atoms with van der Waals surface area (Å²) in [7, 11) is 1.63. The van der Waals surface area contributed by atoms with E-state index in [0.717, 1.165) is 24.4 Å². The minimum atomic E-state index is 0.00324. The summed E-state index contributed by atoms with van der Waals surface area (Å²) >= 11 is 0. The zero-order chi connectivity index (χ0) is 17.6. The highest BCUT2D eigenvalue weighted by Crippen LogP contribution is 2.21. The SMILES string of the molecule is CCNC(=O)N1CCN(Cc2noc(-c3ccc(OC)cc3)n2)CC1. The van der Waals surface area contributed by atoms with Crippen molar-refractivity contribution in [2.24, 2.45) is 0 Å². The Bertz CT molecular complexity index is 693. The fourth-order valence-corrected chi connectivity index (χ4v) is 2.74. The first-order valence-corrected chi connectivity index (χ1v) is 8.41. The van der Waals surface area contributed by atoms with Crippen LogP contribution in [0.5, 0.6) is 5.75 Å². The van der Waals surface area contributed by atoms with E-state index in [2.05, 4.69) is 20.4 Å². The van der Waals surface area contributed by atoms with E-state index in [1.54, 1.807) is 7.11 Å². The third-order valence-electron chi connectivity index (χ3n) is 4.16. The molecule has 8 heteroatoms. The summed E-state index contributed by atoms with van der Waals surface area (Å²) in [5.74, 6) is 1.93. The Labute approximate surface area is 146 Å². The molecule has 1 fully saturated rings. The number of aromatic nitrogens is 2. The number of urea groups is 1. The number of carbonyl (C=O) groups is 1. The highest BCUT2D eigenvalue weighted by atomic mass is 16.5. The summed E-state index contributed by atoms with van der Waals surface area (Å²) in [5, 5.41) is 6.89. The van der Waals surface area contributed by atoms with E-state index in [9.17, 15) is 4.79 Å². The molecule has 2 amide bonds. The van der Waals surface area contributed by atoms with Gasteiger partial charge in [-0.15, -0.1) is 0 Å². The van der Waals surface area contributed by atoms with E-state index < -0.39 is 0 Å². The normalized spacial score (nSPS) is 15.2. The number of methoxy groups -OCH3 is 1. The number of benzene rings is 1. The van der Waals surface area contributed by atoms with Crippen LogP contribution in [0.25, 0.3) is 11.5 Å². The second kappa shape index (κ2) is 7.98. The molecule has 2 aromatic rings. The number of nitrogens with zero attached hydrogens (tertiary/aromatic N) is 4. The molecule has 2 heterocycles. The van der Waals surface area contributed by atoms with E-state index in [1.165, 1.54) is 0 Å².